The smallest absolute Gasteiger partial charge is 0.0654 e. The summed E-state index contributed by atoms with van der Waals surface area (Å²) in [6, 6.07) is 0. The summed E-state index contributed by atoms with van der Waals surface area (Å²) in [6.45, 7) is 10.8. The zero-order valence-corrected chi connectivity index (χ0v) is 19.6. The van der Waals surface area contributed by atoms with Gasteiger partial charge in [0.15, 0.2) is 0 Å². The summed E-state index contributed by atoms with van der Waals surface area (Å²) in [5.74, 6) is 3.42. The SMILES string of the molecule is CC(C)(O)CCC(C)(O)C1CCC2C3CCC4CC(O)CCC4(C)C3CCC21C. The lowest BCUT2D eigenvalue weighted by Gasteiger charge is -2.61. The molecule has 4 aliphatic carbocycles. The Hall–Kier alpha value is -0.120. The fourth-order valence-electron chi connectivity index (χ4n) is 8.99. The van der Waals surface area contributed by atoms with Gasteiger partial charge >= 0.3 is 0 Å². The van der Waals surface area contributed by atoms with Gasteiger partial charge in [0.25, 0.3) is 0 Å². The molecular formula is C26H46O3. The minimum absolute atomic E-state index is 0.0692. The number of aliphatic hydroxyl groups excluding tert-OH is 1. The Morgan fingerprint density at radius 2 is 1.45 bits per heavy atom. The quantitative estimate of drug-likeness (QED) is 0.593. The van der Waals surface area contributed by atoms with Gasteiger partial charge in [0.2, 0.25) is 0 Å². The van der Waals surface area contributed by atoms with Crippen LogP contribution in [0, 0.1) is 40.4 Å². The van der Waals surface area contributed by atoms with Gasteiger partial charge in [0.05, 0.1) is 17.3 Å². The summed E-state index contributed by atoms with van der Waals surface area (Å²) >= 11 is 0. The highest BCUT2D eigenvalue weighted by atomic mass is 16.3. The minimum Gasteiger partial charge on any atom is -0.393 e. The van der Waals surface area contributed by atoms with Crippen molar-refractivity contribution >= 4 is 0 Å². The van der Waals surface area contributed by atoms with Gasteiger partial charge in [0, 0.05) is 0 Å². The Kier molecular flexibility index (Phi) is 5.49. The molecule has 29 heavy (non-hydrogen) atoms. The molecule has 0 radical (unpaired) electrons. The maximum Gasteiger partial charge on any atom is 0.0654 e. The second kappa shape index (κ2) is 7.20. The van der Waals surface area contributed by atoms with Gasteiger partial charge in [-0.1, -0.05) is 13.8 Å². The molecule has 3 heteroatoms. The molecule has 0 aromatic rings. The highest BCUT2D eigenvalue weighted by Gasteiger charge is 2.62. The van der Waals surface area contributed by atoms with E-state index in [2.05, 4.69) is 13.8 Å². The fraction of sp³-hybridized carbons (Fsp3) is 1.00. The molecule has 0 aromatic heterocycles. The van der Waals surface area contributed by atoms with Crippen molar-refractivity contribution in [1.82, 2.24) is 0 Å². The zero-order valence-electron chi connectivity index (χ0n) is 19.6. The molecule has 0 heterocycles. The Balaban J connectivity index is 1.53. The summed E-state index contributed by atoms with van der Waals surface area (Å²) in [4.78, 5) is 0. The van der Waals surface area contributed by atoms with E-state index in [0.29, 0.717) is 30.1 Å². The predicted octanol–water partition coefficient (Wildman–Crippen LogP) is 5.31. The third-order valence-electron chi connectivity index (χ3n) is 10.6. The van der Waals surface area contributed by atoms with Crippen molar-refractivity contribution in [2.75, 3.05) is 0 Å². The third kappa shape index (κ3) is 3.72. The molecule has 4 saturated carbocycles. The number of fused-ring (bicyclic) bond motifs is 5. The van der Waals surface area contributed by atoms with Crippen LogP contribution >= 0.6 is 0 Å². The van der Waals surface area contributed by atoms with Crippen LogP contribution in [0.2, 0.25) is 0 Å². The van der Waals surface area contributed by atoms with E-state index in [1.54, 1.807) is 0 Å². The van der Waals surface area contributed by atoms with Crippen LogP contribution < -0.4 is 0 Å². The van der Waals surface area contributed by atoms with Crippen LogP contribution in [-0.4, -0.2) is 32.6 Å². The lowest BCUT2D eigenvalue weighted by Crippen LogP contribution is -2.55. The molecule has 4 rings (SSSR count). The van der Waals surface area contributed by atoms with Crippen LogP contribution in [-0.2, 0) is 0 Å². The standard InChI is InChI=1S/C26H46O3/c1-23(2,28)14-15-26(5,29)22-9-8-20-19-7-6-17-16-18(27)10-12-24(17,3)21(19)11-13-25(20,22)4/h17-22,27-29H,6-16H2,1-5H3. The number of hydrogen-bond acceptors (Lipinski definition) is 3. The first-order valence-electron chi connectivity index (χ1n) is 12.5. The average Bonchev–Trinajstić information content (AvgIpc) is 2.98. The Labute approximate surface area is 178 Å². The third-order valence-corrected chi connectivity index (χ3v) is 10.6. The molecule has 9 unspecified atom stereocenters. The van der Waals surface area contributed by atoms with Gasteiger partial charge in [-0.15, -0.1) is 0 Å². The molecule has 0 aromatic carbocycles. The first-order valence-corrected chi connectivity index (χ1v) is 12.5. The van der Waals surface area contributed by atoms with Crippen molar-refractivity contribution in [3.8, 4) is 0 Å². The molecule has 0 aliphatic heterocycles. The summed E-state index contributed by atoms with van der Waals surface area (Å²) in [5.41, 5.74) is -0.738. The van der Waals surface area contributed by atoms with E-state index in [1.807, 2.05) is 20.8 Å². The number of rotatable bonds is 4. The van der Waals surface area contributed by atoms with Gasteiger partial charge in [-0.2, -0.15) is 0 Å². The minimum atomic E-state index is -0.709. The highest BCUT2D eigenvalue weighted by molar-refractivity contribution is 5.11. The Morgan fingerprint density at radius 3 is 2.14 bits per heavy atom. The van der Waals surface area contributed by atoms with Crippen LogP contribution in [0.5, 0.6) is 0 Å². The summed E-state index contributed by atoms with van der Waals surface area (Å²) in [6.07, 6.45) is 12.1. The number of aliphatic hydroxyl groups is 3. The Bertz CT molecular complexity index is 608. The van der Waals surface area contributed by atoms with Gasteiger partial charge in [-0.25, -0.2) is 0 Å². The van der Waals surface area contributed by atoms with E-state index in [-0.39, 0.29) is 11.5 Å². The van der Waals surface area contributed by atoms with E-state index in [1.165, 1.54) is 38.5 Å². The van der Waals surface area contributed by atoms with Gasteiger partial charge in [0.1, 0.15) is 0 Å². The van der Waals surface area contributed by atoms with Gasteiger partial charge in [-0.3, -0.25) is 0 Å². The normalized spacial score (nSPS) is 49.7. The second-order valence-electron chi connectivity index (χ2n) is 12.9. The van der Waals surface area contributed by atoms with E-state index in [0.717, 1.165) is 37.0 Å². The molecule has 4 fully saturated rings. The summed E-state index contributed by atoms with van der Waals surface area (Å²) in [7, 11) is 0. The van der Waals surface area contributed by atoms with E-state index < -0.39 is 11.2 Å². The predicted molar refractivity (Wildman–Crippen MR) is 117 cm³/mol. The molecule has 9 atom stereocenters. The molecule has 4 aliphatic rings. The van der Waals surface area contributed by atoms with Crippen molar-refractivity contribution in [1.29, 1.82) is 0 Å². The van der Waals surface area contributed by atoms with Crippen molar-refractivity contribution < 1.29 is 15.3 Å². The molecule has 168 valence electrons. The van der Waals surface area contributed by atoms with Gasteiger partial charge in [-0.05, 0) is 132 Å². The number of hydrogen-bond donors (Lipinski definition) is 3. The second-order valence-corrected chi connectivity index (χ2v) is 12.9. The van der Waals surface area contributed by atoms with Gasteiger partial charge < -0.3 is 15.3 Å². The summed E-state index contributed by atoms with van der Waals surface area (Å²) < 4.78 is 0. The van der Waals surface area contributed by atoms with Crippen LogP contribution in [0.25, 0.3) is 0 Å². The molecule has 0 amide bonds. The molecule has 3 N–H and O–H groups in total. The highest BCUT2D eigenvalue weighted by Crippen LogP contribution is 2.68. The first kappa shape index (κ1) is 22.1. The first-order chi connectivity index (χ1) is 13.4. The maximum atomic E-state index is 11.5. The lowest BCUT2D eigenvalue weighted by atomic mass is 9.44. The van der Waals surface area contributed by atoms with E-state index in [4.69, 9.17) is 0 Å². The van der Waals surface area contributed by atoms with Crippen LogP contribution in [0.1, 0.15) is 105 Å². The van der Waals surface area contributed by atoms with Crippen molar-refractivity contribution in [2.45, 2.75) is 123 Å². The molecule has 0 bridgehead atoms. The van der Waals surface area contributed by atoms with E-state index >= 15 is 0 Å². The maximum absolute atomic E-state index is 11.5. The monoisotopic (exact) mass is 406 g/mol. The lowest BCUT2D eigenvalue weighted by molar-refractivity contribution is -0.146. The molecule has 0 spiro atoms. The largest absolute Gasteiger partial charge is 0.393 e. The van der Waals surface area contributed by atoms with E-state index in [9.17, 15) is 15.3 Å². The average molecular weight is 407 g/mol. The molecule has 3 nitrogen and oxygen atoms in total. The van der Waals surface area contributed by atoms with Crippen LogP contribution in [0.3, 0.4) is 0 Å². The molecular weight excluding hydrogens is 360 g/mol. The van der Waals surface area contributed by atoms with Crippen LogP contribution in [0.4, 0.5) is 0 Å². The van der Waals surface area contributed by atoms with Crippen molar-refractivity contribution in [2.24, 2.45) is 40.4 Å². The zero-order chi connectivity index (χ0) is 21.2. The fourth-order valence-corrected chi connectivity index (χ4v) is 8.99. The van der Waals surface area contributed by atoms with Crippen molar-refractivity contribution in [3.05, 3.63) is 0 Å². The molecule has 0 saturated heterocycles. The van der Waals surface area contributed by atoms with Crippen LogP contribution in [0.15, 0.2) is 0 Å². The topological polar surface area (TPSA) is 60.7 Å². The summed E-state index contributed by atoms with van der Waals surface area (Å²) in [5, 5.41) is 31.9. The van der Waals surface area contributed by atoms with Crippen molar-refractivity contribution in [3.63, 3.8) is 0 Å². The Morgan fingerprint density at radius 1 is 0.793 bits per heavy atom.